The predicted molar refractivity (Wildman–Crippen MR) is 121 cm³/mol. The van der Waals surface area contributed by atoms with E-state index in [9.17, 15) is 9.59 Å². The van der Waals surface area contributed by atoms with E-state index in [1.165, 1.54) is 0 Å². The van der Waals surface area contributed by atoms with E-state index in [-0.39, 0.29) is 29.2 Å². The van der Waals surface area contributed by atoms with Crippen molar-refractivity contribution in [3.05, 3.63) is 68.0 Å². The number of ether oxygens (including phenoxy) is 3. The fraction of sp³-hybridized carbons (Fsp3) is 0.333. The summed E-state index contributed by atoms with van der Waals surface area (Å²) in [6.07, 6.45) is 0. The first-order chi connectivity index (χ1) is 15.4. The number of methoxy groups -OCH3 is 2. The Labute approximate surface area is 190 Å². The Kier molecular flexibility index (Phi) is 6.13. The van der Waals surface area contributed by atoms with Crippen LogP contribution in [0.3, 0.4) is 0 Å². The fourth-order valence-electron chi connectivity index (χ4n) is 4.04. The smallest absolute Gasteiger partial charge is 0.290 e. The summed E-state index contributed by atoms with van der Waals surface area (Å²) in [5.74, 6) is 0.778. The number of nitrogens with zero attached hydrogens (tertiary/aromatic N) is 1. The number of hydrogen-bond donors (Lipinski definition) is 0. The van der Waals surface area contributed by atoms with Crippen molar-refractivity contribution in [3.8, 4) is 11.5 Å². The lowest BCUT2D eigenvalue weighted by molar-refractivity contribution is 0.0663. The second-order valence-corrected chi connectivity index (χ2v) is 7.92. The fourth-order valence-corrected chi connectivity index (χ4v) is 4.20. The molecule has 7 nitrogen and oxygen atoms in total. The zero-order chi connectivity index (χ0) is 23.0. The van der Waals surface area contributed by atoms with Gasteiger partial charge in [0.1, 0.15) is 5.58 Å². The van der Waals surface area contributed by atoms with Gasteiger partial charge in [-0.3, -0.25) is 9.59 Å². The summed E-state index contributed by atoms with van der Waals surface area (Å²) in [4.78, 5) is 28.5. The molecule has 1 aliphatic rings. The van der Waals surface area contributed by atoms with Crippen molar-refractivity contribution in [1.29, 1.82) is 0 Å². The lowest BCUT2D eigenvalue weighted by Crippen LogP contribution is -2.32. The molecule has 0 saturated heterocycles. The van der Waals surface area contributed by atoms with Crippen LogP contribution in [0.2, 0.25) is 5.02 Å². The lowest BCUT2D eigenvalue weighted by Gasteiger charge is -2.25. The lowest BCUT2D eigenvalue weighted by atomic mass is 9.98. The molecule has 1 atom stereocenters. The first-order valence-corrected chi connectivity index (χ1v) is 10.7. The van der Waals surface area contributed by atoms with Crippen LogP contribution in [-0.2, 0) is 4.74 Å². The highest BCUT2D eigenvalue weighted by Crippen LogP contribution is 2.41. The predicted octanol–water partition coefficient (Wildman–Crippen LogP) is 4.35. The summed E-state index contributed by atoms with van der Waals surface area (Å²) in [6, 6.07) is 8.00. The molecule has 4 rings (SSSR count). The van der Waals surface area contributed by atoms with Crippen LogP contribution in [0.25, 0.3) is 11.0 Å². The minimum atomic E-state index is -0.655. The van der Waals surface area contributed by atoms with Gasteiger partial charge in [-0.2, -0.15) is 0 Å². The van der Waals surface area contributed by atoms with Gasteiger partial charge in [-0.15, -0.1) is 0 Å². The third-order valence-corrected chi connectivity index (χ3v) is 5.99. The van der Waals surface area contributed by atoms with Gasteiger partial charge < -0.3 is 23.5 Å². The third-order valence-electron chi connectivity index (χ3n) is 5.59. The van der Waals surface area contributed by atoms with Crippen LogP contribution in [0.1, 0.15) is 40.2 Å². The Hall–Kier alpha value is -3.03. The number of benzene rings is 2. The van der Waals surface area contributed by atoms with Gasteiger partial charge in [-0.25, -0.2) is 0 Å². The SMILES string of the molecule is CCOc1ccc(C2c3c(oc4cc(C)c(Cl)cc4c3=O)C(=O)N2CCOC)cc1OC. The van der Waals surface area contributed by atoms with Crippen LogP contribution in [0.4, 0.5) is 0 Å². The maximum atomic E-state index is 13.6. The standard InChI is InChI=1S/C24H24ClNO6/c1-5-31-17-7-6-14(11-19(17)30-4)21-20-22(27)15-12-16(25)13(2)10-18(15)32-23(20)24(28)26(21)8-9-29-3/h6-7,10-12,21H,5,8-9H2,1-4H3. The van der Waals surface area contributed by atoms with E-state index in [2.05, 4.69) is 0 Å². The van der Waals surface area contributed by atoms with Crippen molar-refractivity contribution < 1.29 is 23.4 Å². The molecule has 0 saturated carbocycles. The summed E-state index contributed by atoms with van der Waals surface area (Å²) in [5.41, 5.74) is 1.80. The van der Waals surface area contributed by atoms with Gasteiger partial charge in [0.05, 0.1) is 37.3 Å². The van der Waals surface area contributed by atoms with Gasteiger partial charge in [-0.1, -0.05) is 17.7 Å². The van der Waals surface area contributed by atoms with E-state index >= 15 is 0 Å². The highest BCUT2D eigenvalue weighted by Gasteiger charge is 2.42. The molecule has 1 unspecified atom stereocenters. The van der Waals surface area contributed by atoms with E-state index in [0.29, 0.717) is 46.3 Å². The second kappa shape index (κ2) is 8.84. The zero-order valence-corrected chi connectivity index (χ0v) is 19.1. The van der Waals surface area contributed by atoms with Gasteiger partial charge >= 0.3 is 0 Å². The Morgan fingerprint density at radius 2 is 1.91 bits per heavy atom. The molecule has 32 heavy (non-hydrogen) atoms. The molecule has 0 N–H and O–H groups in total. The van der Waals surface area contributed by atoms with Gasteiger partial charge in [0.15, 0.2) is 16.9 Å². The number of carbonyl (C=O) groups excluding carboxylic acids is 1. The summed E-state index contributed by atoms with van der Waals surface area (Å²) >= 11 is 6.27. The first-order valence-electron chi connectivity index (χ1n) is 10.3. The molecular weight excluding hydrogens is 434 g/mol. The van der Waals surface area contributed by atoms with Crippen molar-refractivity contribution in [2.45, 2.75) is 19.9 Å². The molecule has 1 aliphatic heterocycles. The number of fused-ring (bicyclic) bond motifs is 2. The molecule has 1 amide bonds. The quantitative estimate of drug-likeness (QED) is 0.524. The summed E-state index contributed by atoms with van der Waals surface area (Å²) in [5, 5.41) is 0.799. The molecule has 0 bridgehead atoms. The van der Waals surface area contributed by atoms with Crippen molar-refractivity contribution in [2.75, 3.05) is 34.0 Å². The Morgan fingerprint density at radius 3 is 2.59 bits per heavy atom. The van der Waals surface area contributed by atoms with E-state index < -0.39 is 6.04 Å². The van der Waals surface area contributed by atoms with Crippen molar-refractivity contribution in [1.82, 2.24) is 4.90 Å². The first kappa shape index (κ1) is 22.2. The molecule has 3 aromatic rings. The van der Waals surface area contributed by atoms with Gasteiger partial charge in [0, 0.05) is 18.7 Å². The van der Waals surface area contributed by atoms with Gasteiger partial charge in [0.2, 0.25) is 5.76 Å². The molecule has 2 aromatic carbocycles. The highest BCUT2D eigenvalue weighted by atomic mass is 35.5. The summed E-state index contributed by atoms with van der Waals surface area (Å²) < 4.78 is 22.3. The van der Waals surface area contributed by atoms with Crippen molar-refractivity contribution in [3.63, 3.8) is 0 Å². The monoisotopic (exact) mass is 457 g/mol. The molecule has 168 valence electrons. The Balaban J connectivity index is 1.95. The van der Waals surface area contributed by atoms with Crippen LogP contribution < -0.4 is 14.9 Å². The minimum Gasteiger partial charge on any atom is -0.493 e. The average Bonchev–Trinajstić information content (AvgIpc) is 3.06. The number of halogens is 1. The van der Waals surface area contributed by atoms with Gasteiger partial charge in [-0.05, 0) is 49.2 Å². The number of carbonyl (C=O) groups is 1. The molecule has 1 aromatic heterocycles. The maximum absolute atomic E-state index is 13.6. The molecular formula is C24H24ClNO6. The van der Waals surface area contributed by atoms with E-state index in [4.69, 9.17) is 30.2 Å². The third kappa shape index (κ3) is 3.61. The van der Waals surface area contributed by atoms with Crippen LogP contribution in [0.5, 0.6) is 11.5 Å². The molecule has 0 radical (unpaired) electrons. The Bertz CT molecular complexity index is 1250. The topological polar surface area (TPSA) is 78.2 Å². The molecule has 0 spiro atoms. The van der Waals surface area contributed by atoms with E-state index in [1.54, 1.807) is 43.4 Å². The molecule has 0 aliphatic carbocycles. The minimum absolute atomic E-state index is 0.0400. The number of rotatable bonds is 7. The maximum Gasteiger partial charge on any atom is 0.290 e. The van der Waals surface area contributed by atoms with Crippen molar-refractivity contribution >= 4 is 28.5 Å². The van der Waals surface area contributed by atoms with E-state index in [0.717, 1.165) is 5.56 Å². The summed E-state index contributed by atoms with van der Waals surface area (Å²) in [6.45, 7) is 4.78. The van der Waals surface area contributed by atoms with Crippen LogP contribution in [-0.4, -0.2) is 44.8 Å². The van der Waals surface area contributed by atoms with E-state index in [1.807, 2.05) is 19.9 Å². The number of hydrogen-bond acceptors (Lipinski definition) is 6. The average molecular weight is 458 g/mol. The Morgan fingerprint density at radius 1 is 1.12 bits per heavy atom. The number of aryl methyl sites for hydroxylation is 1. The highest BCUT2D eigenvalue weighted by molar-refractivity contribution is 6.32. The van der Waals surface area contributed by atoms with Crippen LogP contribution in [0, 0.1) is 6.92 Å². The molecule has 0 fully saturated rings. The van der Waals surface area contributed by atoms with Crippen LogP contribution >= 0.6 is 11.6 Å². The van der Waals surface area contributed by atoms with Crippen LogP contribution in [0.15, 0.2) is 39.5 Å². The zero-order valence-electron chi connectivity index (χ0n) is 18.4. The summed E-state index contributed by atoms with van der Waals surface area (Å²) in [7, 11) is 3.11. The van der Waals surface area contributed by atoms with Crippen molar-refractivity contribution in [2.24, 2.45) is 0 Å². The molecule has 2 heterocycles. The van der Waals surface area contributed by atoms with Gasteiger partial charge in [0.25, 0.3) is 5.91 Å². The number of amides is 1. The largest absolute Gasteiger partial charge is 0.493 e. The second-order valence-electron chi connectivity index (χ2n) is 7.51. The molecule has 8 heteroatoms. The normalized spacial score (nSPS) is 15.3.